The van der Waals surface area contributed by atoms with Gasteiger partial charge in [-0.2, -0.15) is 0 Å². The van der Waals surface area contributed by atoms with Crippen molar-refractivity contribution in [2.45, 2.75) is 18.9 Å². The Labute approximate surface area is 179 Å². The Balaban J connectivity index is 1.35. The second-order valence-corrected chi connectivity index (χ2v) is 7.67. The molecule has 0 N–H and O–H groups in total. The maximum Gasteiger partial charge on any atom is 0.329 e. The van der Waals surface area contributed by atoms with Crippen LogP contribution in [0, 0.1) is 5.82 Å². The number of anilines is 2. The topological polar surface area (TPSA) is 54.3 Å². The van der Waals surface area contributed by atoms with E-state index in [0.717, 1.165) is 29.7 Å². The summed E-state index contributed by atoms with van der Waals surface area (Å²) in [5.74, 6) is -0.318. The van der Waals surface area contributed by atoms with E-state index in [1.807, 2.05) is 70.2 Å². The number of likely N-dealkylation sites (tertiary alicyclic amines) is 1. The van der Waals surface area contributed by atoms with Gasteiger partial charge in [-0.05, 0) is 49.2 Å². The summed E-state index contributed by atoms with van der Waals surface area (Å²) in [7, 11) is 0. The van der Waals surface area contributed by atoms with Gasteiger partial charge in [-0.25, -0.2) is 13.9 Å². The number of para-hydroxylation sites is 2. The van der Waals surface area contributed by atoms with Crippen molar-refractivity contribution in [2.24, 2.45) is 0 Å². The van der Waals surface area contributed by atoms with Crippen LogP contribution in [0.3, 0.4) is 0 Å². The minimum Gasteiger partial charge on any atom is -0.324 e. The second-order valence-electron chi connectivity index (χ2n) is 7.67. The molecule has 3 aromatic carbocycles. The van der Waals surface area contributed by atoms with Crippen molar-refractivity contribution in [3.8, 4) is 0 Å². The lowest BCUT2D eigenvalue weighted by Crippen LogP contribution is -2.45. The van der Waals surface area contributed by atoms with Crippen LogP contribution in [0.5, 0.6) is 0 Å². The smallest absolute Gasteiger partial charge is 0.324 e. The molecule has 1 aliphatic heterocycles. The van der Waals surface area contributed by atoms with E-state index in [0.29, 0.717) is 18.6 Å². The van der Waals surface area contributed by atoms with Crippen molar-refractivity contribution in [3.63, 3.8) is 0 Å². The summed E-state index contributed by atoms with van der Waals surface area (Å²) >= 11 is 0. The number of carbonyl (C=O) groups is 1. The van der Waals surface area contributed by atoms with Gasteiger partial charge in [0.25, 0.3) is 0 Å². The number of rotatable bonds is 3. The van der Waals surface area contributed by atoms with E-state index in [-0.39, 0.29) is 17.9 Å². The highest BCUT2D eigenvalue weighted by Crippen LogP contribution is 2.30. The number of aromatic nitrogens is 3. The molecule has 156 valence electrons. The number of piperidine rings is 1. The summed E-state index contributed by atoms with van der Waals surface area (Å²) in [4.78, 5) is 17.2. The van der Waals surface area contributed by atoms with Gasteiger partial charge in [-0.3, -0.25) is 4.90 Å². The highest BCUT2D eigenvalue weighted by Gasteiger charge is 2.29. The molecule has 1 aliphatic rings. The summed E-state index contributed by atoms with van der Waals surface area (Å²) in [6.07, 6.45) is 1.53. The van der Waals surface area contributed by atoms with Gasteiger partial charge in [0.2, 0.25) is 0 Å². The van der Waals surface area contributed by atoms with E-state index in [1.165, 1.54) is 12.1 Å². The monoisotopic (exact) mass is 415 g/mol. The Bertz CT molecular complexity index is 1150. The van der Waals surface area contributed by atoms with Crippen LogP contribution in [0.4, 0.5) is 20.6 Å². The first-order chi connectivity index (χ1) is 15.2. The van der Waals surface area contributed by atoms with Gasteiger partial charge in [-0.15, -0.1) is 5.10 Å². The largest absolute Gasteiger partial charge is 0.329 e. The summed E-state index contributed by atoms with van der Waals surface area (Å²) in [5.41, 5.74) is 3.05. The number of benzene rings is 3. The fourth-order valence-corrected chi connectivity index (χ4v) is 4.15. The Hall–Kier alpha value is -3.74. The van der Waals surface area contributed by atoms with Gasteiger partial charge < -0.3 is 4.90 Å². The minimum absolute atomic E-state index is 0.0404. The van der Waals surface area contributed by atoms with Crippen LogP contribution in [0.1, 0.15) is 18.9 Å². The first-order valence-corrected chi connectivity index (χ1v) is 10.4. The van der Waals surface area contributed by atoms with Gasteiger partial charge in [0.15, 0.2) is 0 Å². The zero-order valence-corrected chi connectivity index (χ0v) is 16.9. The maximum atomic E-state index is 13.5. The molecule has 5 rings (SSSR count). The first kappa shape index (κ1) is 19.2. The van der Waals surface area contributed by atoms with Crippen LogP contribution in [0.15, 0.2) is 78.9 Å². The van der Waals surface area contributed by atoms with Crippen molar-refractivity contribution in [1.82, 2.24) is 19.9 Å². The van der Waals surface area contributed by atoms with Crippen LogP contribution in [0.2, 0.25) is 0 Å². The fraction of sp³-hybridized carbons (Fsp3) is 0.208. The van der Waals surface area contributed by atoms with Crippen molar-refractivity contribution < 1.29 is 9.18 Å². The lowest BCUT2D eigenvalue weighted by Gasteiger charge is -2.36. The zero-order valence-electron chi connectivity index (χ0n) is 16.9. The lowest BCUT2D eigenvalue weighted by atomic mass is 10.1. The van der Waals surface area contributed by atoms with Gasteiger partial charge >= 0.3 is 6.03 Å². The lowest BCUT2D eigenvalue weighted by molar-refractivity contribution is 0.177. The Kier molecular flexibility index (Phi) is 5.08. The van der Waals surface area contributed by atoms with Gasteiger partial charge in [-0.1, -0.05) is 41.6 Å². The van der Waals surface area contributed by atoms with E-state index in [4.69, 9.17) is 0 Å². The van der Waals surface area contributed by atoms with Crippen LogP contribution in [-0.4, -0.2) is 39.0 Å². The van der Waals surface area contributed by atoms with Crippen LogP contribution in [-0.2, 0) is 0 Å². The molecule has 1 saturated heterocycles. The van der Waals surface area contributed by atoms with Crippen LogP contribution >= 0.6 is 0 Å². The predicted octanol–water partition coefficient (Wildman–Crippen LogP) is 5.17. The molecule has 1 aromatic heterocycles. The third-order valence-electron chi connectivity index (χ3n) is 5.73. The van der Waals surface area contributed by atoms with Gasteiger partial charge in [0, 0.05) is 19.2 Å². The van der Waals surface area contributed by atoms with Crippen LogP contribution in [0.25, 0.3) is 11.0 Å². The molecule has 6 nitrogen and oxygen atoms in total. The number of halogens is 1. The highest BCUT2D eigenvalue weighted by molar-refractivity contribution is 5.99. The SMILES string of the molecule is O=C(N1CCC(n2nnc3cc(F)ccc32)CC1)N(c1ccccc1)c1ccccc1. The second kappa shape index (κ2) is 8.18. The Morgan fingerprint density at radius 1 is 0.903 bits per heavy atom. The van der Waals surface area contributed by atoms with E-state index < -0.39 is 0 Å². The molecule has 0 unspecified atom stereocenters. The van der Waals surface area contributed by atoms with Gasteiger partial charge in [0.1, 0.15) is 11.3 Å². The number of nitrogens with zero attached hydrogens (tertiary/aromatic N) is 5. The number of hydrogen-bond acceptors (Lipinski definition) is 3. The maximum absolute atomic E-state index is 13.5. The summed E-state index contributed by atoms with van der Waals surface area (Å²) < 4.78 is 15.3. The number of carbonyl (C=O) groups excluding carboxylic acids is 1. The minimum atomic E-state index is -0.318. The molecule has 2 heterocycles. The molecule has 0 bridgehead atoms. The quantitative estimate of drug-likeness (QED) is 0.464. The molecular weight excluding hydrogens is 393 g/mol. The zero-order chi connectivity index (χ0) is 21.2. The molecule has 0 saturated carbocycles. The van der Waals surface area contributed by atoms with Gasteiger partial charge in [0.05, 0.1) is 22.9 Å². The molecular formula is C24H22FN5O. The Morgan fingerprint density at radius 2 is 1.52 bits per heavy atom. The standard InChI is InChI=1S/C24H22FN5O/c25-18-11-12-23-22(17-18)26-27-30(23)21-13-15-28(16-14-21)24(31)29(19-7-3-1-4-8-19)20-9-5-2-6-10-20/h1-12,17,21H,13-16H2. The summed E-state index contributed by atoms with van der Waals surface area (Å²) in [5, 5.41) is 8.35. The highest BCUT2D eigenvalue weighted by atomic mass is 19.1. The number of amides is 2. The van der Waals surface area contributed by atoms with Crippen molar-refractivity contribution in [2.75, 3.05) is 18.0 Å². The third-order valence-corrected chi connectivity index (χ3v) is 5.73. The molecule has 0 radical (unpaired) electrons. The average Bonchev–Trinajstić information content (AvgIpc) is 3.24. The average molecular weight is 415 g/mol. The third kappa shape index (κ3) is 3.74. The fourth-order valence-electron chi connectivity index (χ4n) is 4.15. The molecule has 1 fully saturated rings. The van der Waals surface area contributed by atoms with E-state index in [1.54, 1.807) is 11.0 Å². The molecule has 31 heavy (non-hydrogen) atoms. The van der Waals surface area contributed by atoms with E-state index in [9.17, 15) is 9.18 Å². The summed E-state index contributed by atoms with van der Waals surface area (Å²) in [6.45, 7) is 1.23. The van der Waals surface area contributed by atoms with E-state index in [2.05, 4.69) is 10.3 Å². The number of urea groups is 1. The summed E-state index contributed by atoms with van der Waals surface area (Å²) in [6, 6.07) is 24.0. The van der Waals surface area contributed by atoms with Crippen molar-refractivity contribution in [1.29, 1.82) is 0 Å². The molecule has 7 heteroatoms. The first-order valence-electron chi connectivity index (χ1n) is 10.4. The molecule has 4 aromatic rings. The van der Waals surface area contributed by atoms with Crippen molar-refractivity contribution in [3.05, 3.63) is 84.7 Å². The van der Waals surface area contributed by atoms with Crippen LogP contribution < -0.4 is 4.90 Å². The molecule has 0 spiro atoms. The number of fused-ring (bicyclic) bond motifs is 1. The molecule has 2 amide bonds. The van der Waals surface area contributed by atoms with Crippen molar-refractivity contribution >= 4 is 28.4 Å². The normalized spacial score (nSPS) is 14.7. The predicted molar refractivity (Wildman–Crippen MR) is 118 cm³/mol. The Morgan fingerprint density at radius 3 is 2.13 bits per heavy atom. The van der Waals surface area contributed by atoms with E-state index >= 15 is 0 Å². The molecule has 0 aliphatic carbocycles. The molecule has 0 atom stereocenters. The number of hydrogen-bond donors (Lipinski definition) is 0.